The predicted molar refractivity (Wildman–Crippen MR) is 95.8 cm³/mol. The number of nitrogens with zero attached hydrogens (tertiary/aromatic N) is 3. The van der Waals surface area contributed by atoms with Crippen molar-refractivity contribution in [3.63, 3.8) is 0 Å². The van der Waals surface area contributed by atoms with Crippen LogP contribution >= 0.6 is 22.9 Å². The molecule has 4 rings (SSSR count). The molecule has 0 saturated carbocycles. The van der Waals surface area contributed by atoms with Crippen molar-refractivity contribution in [3.05, 3.63) is 63.7 Å². The molecule has 0 spiro atoms. The molecule has 0 fully saturated rings. The molecule has 3 aromatic rings. The van der Waals surface area contributed by atoms with Gasteiger partial charge in [-0.15, -0.1) is 11.3 Å². The average Bonchev–Trinajstić information content (AvgIpc) is 3.05. The Morgan fingerprint density at radius 1 is 1.17 bits per heavy atom. The molecule has 0 amide bonds. The van der Waals surface area contributed by atoms with Gasteiger partial charge in [-0.2, -0.15) is 0 Å². The number of benzene rings is 1. The van der Waals surface area contributed by atoms with Crippen molar-refractivity contribution in [2.24, 2.45) is 0 Å². The van der Waals surface area contributed by atoms with Crippen molar-refractivity contribution >= 4 is 40.1 Å². The summed E-state index contributed by atoms with van der Waals surface area (Å²) in [7, 11) is 0. The van der Waals surface area contributed by atoms with Crippen molar-refractivity contribution in [2.45, 2.75) is 13.0 Å². The van der Waals surface area contributed by atoms with Gasteiger partial charge in [0.2, 0.25) is 0 Å². The van der Waals surface area contributed by atoms with E-state index < -0.39 is 0 Å². The summed E-state index contributed by atoms with van der Waals surface area (Å²) in [5.41, 5.74) is 3.65. The molecule has 23 heavy (non-hydrogen) atoms. The summed E-state index contributed by atoms with van der Waals surface area (Å²) in [5.74, 6) is 0.621. The Morgan fingerprint density at radius 3 is 2.87 bits per heavy atom. The molecular formula is C17H15ClN4S. The number of hydrogen-bond donors (Lipinski definition) is 1. The minimum Gasteiger partial charge on any atom is -0.367 e. The van der Waals surface area contributed by atoms with E-state index in [-0.39, 0.29) is 0 Å². The van der Waals surface area contributed by atoms with Gasteiger partial charge < -0.3 is 10.2 Å². The van der Waals surface area contributed by atoms with Crippen molar-refractivity contribution in [2.75, 3.05) is 16.8 Å². The molecule has 1 aromatic carbocycles. The molecule has 116 valence electrons. The molecule has 6 heteroatoms. The number of halogens is 1. The molecule has 0 unspecified atom stereocenters. The highest BCUT2D eigenvalue weighted by Gasteiger charge is 2.17. The predicted octanol–water partition coefficient (Wildman–Crippen LogP) is 4.50. The number of rotatable bonds is 3. The first-order valence-corrected chi connectivity index (χ1v) is 8.68. The van der Waals surface area contributed by atoms with E-state index in [1.165, 1.54) is 22.5 Å². The Bertz CT molecular complexity index is 815. The fourth-order valence-electron chi connectivity index (χ4n) is 2.77. The second-order valence-corrected chi connectivity index (χ2v) is 6.84. The van der Waals surface area contributed by atoms with Crippen LogP contribution in [0.25, 0.3) is 0 Å². The quantitative estimate of drug-likeness (QED) is 0.761. The highest BCUT2D eigenvalue weighted by molar-refractivity contribution is 7.10. The van der Waals surface area contributed by atoms with Crippen LogP contribution in [0.1, 0.15) is 10.4 Å². The van der Waals surface area contributed by atoms with Crippen LogP contribution in [0.4, 0.5) is 17.2 Å². The number of anilines is 3. The van der Waals surface area contributed by atoms with Gasteiger partial charge >= 0.3 is 0 Å². The van der Waals surface area contributed by atoms with Crippen molar-refractivity contribution < 1.29 is 0 Å². The van der Waals surface area contributed by atoms with E-state index >= 15 is 0 Å². The van der Waals surface area contributed by atoms with Gasteiger partial charge in [0.25, 0.3) is 0 Å². The minimum atomic E-state index is 0.512. The molecule has 1 aliphatic heterocycles. The molecule has 0 atom stereocenters. The van der Waals surface area contributed by atoms with Gasteiger partial charge in [0.1, 0.15) is 11.3 Å². The Morgan fingerprint density at radius 2 is 2.04 bits per heavy atom. The third kappa shape index (κ3) is 3.02. The third-order valence-electron chi connectivity index (χ3n) is 3.97. The van der Waals surface area contributed by atoms with Gasteiger partial charge in [-0.1, -0.05) is 11.6 Å². The van der Waals surface area contributed by atoms with Crippen LogP contribution in [0.5, 0.6) is 0 Å². The number of hydrogen-bond acceptors (Lipinski definition) is 5. The number of fused-ring (bicyclic) bond motifs is 1. The highest BCUT2D eigenvalue weighted by Crippen LogP contribution is 2.29. The number of thiophene rings is 1. The standard InChI is InChI=1S/C17H15ClN4S/c18-15-9-19-11-20-17(15)21-13-1-3-14(4-2-13)22-7-5-16-12(10-22)6-8-23-16/h1-4,6,8-9,11H,5,7,10H2,(H,19,20,21). The van der Waals surface area contributed by atoms with Gasteiger partial charge in [-0.25, -0.2) is 9.97 Å². The van der Waals surface area contributed by atoms with Crippen LogP contribution in [0, 0.1) is 0 Å². The lowest BCUT2D eigenvalue weighted by Gasteiger charge is -2.29. The fraction of sp³-hybridized carbons (Fsp3) is 0.176. The summed E-state index contributed by atoms with van der Waals surface area (Å²) >= 11 is 7.94. The van der Waals surface area contributed by atoms with Crippen LogP contribution in [0.3, 0.4) is 0 Å². The molecule has 3 heterocycles. The zero-order chi connectivity index (χ0) is 15.6. The van der Waals surface area contributed by atoms with Crippen LogP contribution in [0.15, 0.2) is 48.2 Å². The maximum absolute atomic E-state index is 6.07. The van der Waals surface area contributed by atoms with Crippen LogP contribution in [-0.4, -0.2) is 16.5 Å². The fourth-order valence-corrected chi connectivity index (χ4v) is 3.81. The largest absolute Gasteiger partial charge is 0.367 e. The minimum absolute atomic E-state index is 0.512. The maximum atomic E-state index is 6.07. The Balaban J connectivity index is 1.49. The van der Waals surface area contributed by atoms with E-state index in [0.29, 0.717) is 10.8 Å². The summed E-state index contributed by atoms with van der Waals surface area (Å²) in [5, 5.41) is 5.91. The first kappa shape index (κ1) is 14.5. The molecule has 1 aliphatic rings. The molecular weight excluding hydrogens is 328 g/mol. The lowest BCUT2D eigenvalue weighted by molar-refractivity contribution is 0.744. The molecule has 0 aliphatic carbocycles. The zero-order valence-corrected chi connectivity index (χ0v) is 13.9. The number of aromatic nitrogens is 2. The molecule has 0 bridgehead atoms. The van der Waals surface area contributed by atoms with Crippen LogP contribution < -0.4 is 10.2 Å². The Labute approximate surface area is 143 Å². The van der Waals surface area contributed by atoms with Gasteiger partial charge in [-0.3, -0.25) is 0 Å². The van der Waals surface area contributed by atoms with E-state index in [4.69, 9.17) is 11.6 Å². The zero-order valence-electron chi connectivity index (χ0n) is 12.4. The molecule has 0 radical (unpaired) electrons. The summed E-state index contributed by atoms with van der Waals surface area (Å²) < 4.78 is 0. The summed E-state index contributed by atoms with van der Waals surface area (Å²) in [6.07, 6.45) is 4.19. The van der Waals surface area contributed by atoms with Gasteiger partial charge in [0.05, 0.1) is 6.20 Å². The summed E-state index contributed by atoms with van der Waals surface area (Å²) in [6.45, 7) is 2.06. The van der Waals surface area contributed by atoms with E-state index in [1.54, 1.807) is 6.20 Å². The average molecular weight is 343 g/mol. The summed E-state index contributed by atoms with van der Waals surface area (Å²) in [6, 6.07) is 10.6. The maximum Gasteiger partial charge on any atom is 0.152 e. The third-order valence-corrected chi connectivity index (χ3v) is 5.27. The molecule has 4 nitrogen and oxygen atoms in total. The van der Waals surface area contributed by atoms with Gasteiger partial charge in [0.15, 0.2) is 5.82 Å². The molecule has 0 saturated heterocycles. The second kappa shape index (κ2) is 6.18. The first-order valence-electron chi connectivity index (χ1n) is 7.42. The molecule has 2 aromatic heterocycles. The molecule has 1 N–H and O–H groups in total. The topological polar surface area (TPSA) is 41.1 Å². The van der Waals surface area contributed by atoms with Crippen molar-refractivity contribution in [1.29, 1.82) is 0 Å². The number of nitrogens with one attached hydrogen (secondary N) is 1. The normalized spacial score (nSPS) is 13.7. The van der Waals surface area contributed by atoms with Gasteiger partial charge in [0, 0.05) is 29.3 Å². The Kier molecular flexibility index (Phi) is 3.89. The second-order valence-electron chi connectivity index (χ2n) is 5.43. The first-order chi connectivity index (χ1) is 11.3. The lowest BCUT2D eigenvalue weighted by Crippen LogP contribution is -2.29. The highest BCUT2D eigenvalue weighted by atomic mass is 35.5. The van der Waals surface area contributed by atoms with E-state index in [9.17, 15) is 0 Å². The van der Waals surface area contributed by atoms with E-state index in [0.717, 1.165) is 25.2 Å². The Hall–Kier alpha value is -2.11. The smallest absolute Gasteiger partial charge is 0.152 e. The monoisotopic (exact) mass is 342 g/mol. The van der Waals surface area contributed by atoms with Crippen LogP contribution in [-0.2, 0) is 13.0 Å². The van der Waals surface area contributed by atoms with Gasteiger partial charge in [-0.05, 0) is 47.7 Å². The van der Waals surface area contributed by atoms with E-state index in [2.05, 4.69) is 55.9 Å². The lowest BCUT2D eigenvalue weighted by atomic mass is 10.1. The SMILES string of the molecule is Clc1cncnc1Nc1ccc(N2CCc3sccc3C2)cc1. The van der Waals surface area contributed by atoms with E-state index in [1.807, 2.05) is 11.3 Å². The van der Waals surface area contributed by atoms with Crippen molar-refractivity contribution in [3.8, 4) is 0 Å². The van der Waals surface area contributed by atoms with Crippen molar-refractivity contribution in [1.82, 2.24) is 9.97 Å². The summed E-state index contributed by atoms with van der Waals surface area (Å²) in [4.78, 5) is 12.0. The van der Waals surface area contributed by atoms with Crippen LogP contribution in [0.2, 0.25) is 5.02 Å².